The molecule has 0 unspecified atom stereocenters. The zero-order valence-electron chi connectivity index (χ0n) is 16.3. The van der Waals surface area contributed by atoms with Crippen molar-refractivity contribution in [2.45, 2.75) is 29.4 Å². The van der Waals surface area contributed by atoms with Crippen LogP contribution < -0.4 is 10.2 Å². The van der Waals surface area contributed by atoms with Crippen molar-refractivity contribution in [1.82, 2.24) is 4.90 Å². The quantitative estimate of drug-likeness (QED) is 0.761. The Morgan fingerprint density at radius 3 is 2.60 bits per heavy atom. The normalized spacial score (nSPS) is 18.7. The van der Waals surface area contributed by atoms with E-state index in [0.717, 1.165) is 24.2 Å². The van der Waals surface area contributed by atoms with Gasteiger partial charge >= 0.3 is 0 Å². The number of benzene rings is 2. The van der Waals surface area contributed by atoms with Gasteiger partial charge in [0.15, 0.2) is 5.25 Å². The number of fused-ring (bicyclic) bond motifs is 1. The number of nitrogens with zero attached hydrogens (tertiary/aromatic N) is 2. The number of hydrogen-bond donors (Lipinski definition) is 1. The fourth-order valence-electron chi connectivity index (χ4n) is 3.73. The molecule has 2 aliphatic heterocycles. The number of likely N-dealkylation sites (tertiary alicyclic amines) is 1. The van der Waals surface area contributed by atoms with Crippen molar-refractivity contribution >= 4 is 40.9 Å². The second-order valence-electron chi connectivity index (χ2n) is 7.33. The molecule has 0 bridgehead atoms. The number of para-hydroxylation sites is 1. The van der Waals surface area contributed by atoms with Crippen LogP contribution in [-0.2, 0) is 14.4 Å². The summed E-state index contributed by atoms with van der Waals surface area (Å²) in [6.07, 6.45) is 2.96. The summed E-state index contributed by atoms with van der Waals surface area (Å²) in [5.41, 5.74) is 0.914. The van der Waals surface area contributed by atoms with E-state index in [1.807, 2.05) is 12.1 Å². The van der Waals surface area contributed by atoms with Crippen molar-refractivity contribution in [3.8, 4) is 0 Å². The van der Waals surface area contributed by atoms with E-state index >= 15 is 0 Å². The average molecular weight is 428 g/mol. The summed E-state index contributed by atoms with van der Waals surface area (Å²) in [6, 6.07) is 12.8. The van der Waals surface area contributed by atoms with E-state index in [0.29, 0.717) is 24.5 Å². The van der Waals surface area contributed by atoms with Gasteiger partial charge in [0.25, 0.3) is 5.91 Å². The van der Waals surface area contributed by atoms with Crippen LogP contribution in [0.5, 0.6) is 0 Å². The molecule has 30 heavy (non-hydrogen) atoms. The fraction of sp³-hybridized carbons (Fsp3) is 0.318. The number of carbonyl (C=O) groups is 3. The van der Waals surface area contributed by atoms with Crippen LogP contribution in [0.2, 0.25) is 0 Å². The molecule has 2 aromatic carbocycles. The minimum absolute atomic E-state index is 0.199. The number of rotatable bonds is 4. The molecule has 2 aromatic rings. The molecule has 3 amide bonds. The Kier molecular flexibility index (Phi) is 6.03. The Morgan fingerprint density at radius 2 is 1.83 bits per heavy atom. The largest absolute Gasteiger partial charge is 0.341 e. The van der Waals surface area contributed by atoms with Crippen LogP contribution in [-0.4, -0.2) is 47.5 Å². The maximum absolute atomic E-state index is 13.4. The van der Waals surface area contributed by atoms with Gasteiger partial charge in [-0.05, 0) is 49.6 Å². The van der Waals surface area contributed by atoms with Crippen LogP contribution >= 0.6 is 11.8 Å². The Balaban J connectivity index is 1.55. The number of nitrogens with one attached hydrogen (secondary N) is 1. The summed E-state index contributed by atoms with van der Waals surface area (Å²) >= 11 is 1.24. The summed E-state index contributed by atoms with van der Waals surface area (Å²) < 4.78 is 13.4. The highest BCUT2D eigenvalue weighted by Gasteiger charge is 2.40. The highest BCUT2D eigenvalue weighted by molar-refractivity contribution is 8.01. The maximum Gasteiger partial charge on any atom is 0.250 e. The molecule has 1 N–H and O–H groups in total. The van der Waals surface area contributed by atoms with Crippen LogP contribution in [0.1, 0.15) is 19.3 Å². The predicted octanol–water partition coefficient (Wildman–Crippen LogP) is 3.28. The molecule has 0 aromatic heterocycles. The van der Waals surface area contributed by atoms with Crippen LogP contribution in [0.4, 0.5) is 15.8 Å². The van der Waals surface area contributed by atoms with Gasteiger partial charge in [0, 0.05) is 23.7 Å². The first-order valence-corrected chi connectivity index (χ1v) is 10.8. The predicted molar refractivity (Wildman–Crippen MR) is 114 cm³/mol. The molecule has 0 aliphatic carbocycles. The summed E-state index contributed by atoms with van der Waals surface area (Å²) in [7, 11) is 0. The SMILES string of the molecule is O=C(CN1C(=O)[C@@H](C(=O)N2CCCCC2)Sc2ccccc21)Nc1cccc(F)c1. The van der Waals surface area contributed by atoms with Crippen LogP contribution in [0.3, 0.4) is 0 Å². The minimum atomic E-state index is -0.903. The fourth-order valence-corrected chi connectivity index (χ4v) is 4.92. The number of carbonyl (C=O) groups excluding carboxylic acids is 3. The molecular weight excluding hydrogens is 405 g/mol. The second kappa shape index (κ2) is 8.87. The van der Waals surface area contributed by atoms with Crippen molar-refractivity contribution < 1.29 is 18.8 Å². The van der Waals surface area contributed by atoms with Gasteiger partial charge in [0.05, 0.1) is 5.69 Å². The lowest BCUT2D eigenvalue weighted by Gasteiger charge is -2.36. The first-order chi connectivity index (χ1) is 14.5. The Bertz CT molecular complexity index is 978. The Hall–Kier alpha value is -2.87. The Labute approximate surface area is 178 Å². The zero-order chi connectivity index (χ0) is 21.1. The standard InChI is InChI=1S/C22H22FN3O3S/c23-15-7-6-8-16(13-15)24-19(27)14-26-17-9-2-3-10-18(17)30-20(22(26)29)21(28)25-11-4-1-5-12-25/h2-3,6-10,13,20H,1,4-5,11-12,14H2,(H,24,27)/t20-/m1/s1. The first-order valence-electron chi connectivity index (χ1n) is 9.94. The number of halogens is 1. The van der Waals surface area contributed by atoms with Crippen molar-refractivity contribution in [1.29, 1.82) is 0 Å². The number of hydrogen-bond acceptors (Lipinski definition) is 4. The van der Waals surface area contributed by atoms with Crippen LogP contribution in [0, 0.1) is 5.82 Å². The van der Waals surface area contributed by atoms with E-state index in [1.54, 1.807) is 23.1 Å². The molecule has 1 fully saturated rings. The molecule has 8 heteroatoms. The van der Waals surface area contributed by atoms with Crippen LogP contribution in [0.25, 0.3) is 0 Å². The van der Waals surface area contributed by atoms with E-state index in [1.165, 1.54) is 34.9 Å². The van der Waals surface area contributed by atoms with Gasteiger partial charge in [-0.1, -0.05) is 18.2 Å². The third kappa shape index (κ3) is 4.33. The van der Waals surface area contributed by atoms with Crippen LogP contribution in [0.15, 0.2) is 53.4 Å². The first kappa shape index (κ1) is 20.4. The number of anilines is 2. The molecular formula is C22H22FN3O3S. The smallest absolute Gasteiger partial charge is 0.250 e. The monoisotopic (exact) mass is 427 g/mol. The van der Waals surface area contributed by atoms with E-state index in [2.05, 4.69) is 5.32 Å². The summed E-state index contributed by atoms with van der Waals surface area (Å²) in [6.45, 7) is 1.06. The number of piperidine rings is 1. The highest BCUT2D eigenvalue weighted by Crippen LogP contribution is 2.39. The average Bonchev–Trinajstić information content (AvgIpc) is 2.75. The van der Waals surface area contributed by atoms with Crippen molar-refractivity contribution in [2.24, 2.45) is 0 Å². The molecule has 6 nitrogen and oxygen atoms in total. The number of thioether (sulfide) groups is 1. The molecule has 0 radical (unpaired) electrons. The topological polar surface area (TPSA) is 69.7 Å². The maximum atomic E-state index is 13.4. The van der Waals surface area contributed by atoms with Gasteiger partial charge in [-0.3, -0.25) is 14.4 Å². The van der Waals surface area contributed by atoms with Crippen molar-refractivity contribution in [2.75, 3.05) is 29.9 Å². The molecule has 156 valence electrons. The lowest BCUT2D eigenvalue weighted by molar-refractivity contribution is -0.135. The van der Waals surface area contributed by atoms with E-state index < -0.39 is 22.9 Å². The summed E-state index contributed by atoms with van der Waals surface area (Å²) in [5, 5.41) is 1.71. The third-order valence-electron chi connectivity index (χ3n) is 5.19. The van der Waals surface area contributed by atoms with E-state index in [9.17, 15) is 18.8 Å². The lowest BCUT2D eigenvalue weighted by atomic mass is 10.1. The zero-order valence-corrected chi connectivity index (χ0v) is 17.2. The molecule has 2 heterocycles. The van der Waals surface area contributed by atoms with Gasteiger partial charge in [-0.25, -0.2) is 4.39 Å². The lowest BCUT2D eigenvalue weighted by Crippen LogP contribution is -2.52. The van der Waals surface area contributed by atoms with Gasteiger partial charge in [0.1, 0.15) is 12.4 Å². The molecule has 1 saturated heterocycles. The van der Waals surface area contributed by atoms with E-state index in [4.69, 9.17) is 0 Å². The highest BCUT2D eigenvalue weighted by atomic mass is 32.2. The Morgan fingerprint density at radius 1 is 1.07 bits per heavy atom. The minimum Gasteiger partial charge on any atom is -0.341 e. The second-order valence-corrected chi connectivity index (χ2v) is 8.48. The van der Waals surface area contributed by atoms with Gasteiger partial charge in [-0.2, -0.15) is 0 Å². The molecule has 0 spiro atoms. The van der Waals surface area contributed by atoms with Gasteiger partial charge in [-0.15, -0.1) is 11.8 Å². The molecule has 4 rings (SSSR count). The molecule has 0 saturated carbocycles. The molecule has 2 aliphatic rings. The van der Waals surface area contributed by atoms with Crippen molar-refractivity contribution in [3.05, 3.63) is 54.3 Å². The van der Waals surface area contributed by atoms with Gasteiger partial charge in [0.2, 0.25) is 11.8 Å². The van der Waals surface area contributed by atoms with E-state index in [-0.39, 0.29) is 12.5 Å². The number of amides is 3. The van der Waals surface area contributed by atoms with Crippen molar-refractivity contribution in [3.63, 3.8) is 0 Å². The molecule has 1 atom stereocenters. The summed E-state index contributed by atoms with van der Waals surface area (Å²) in [5.74, 6) is -1.52. The third-order valence-corrected chi connectivity index (χ3v) is 6.43. The summed E-state index contributed by atoms with van der Waals surface area (Å²) in [4.78, 5) is 42.8. The van der Waals surface area contributed by atoms with Gasteiger partial charge < -0.3 is 15.1 Å².